The number of ether oxygens (including phenoxy) is 1. The minimum atomic E-state index is -4.51. The quantitative estimate of drug-likeness (QED) is 0.229. The summed E-state index contributed by atoms with van der Waals surface area (Å²) in [6.07, 6.45) is 3.62. The number of alkyl halides is 3. The number of hydrogen-bond donors (Lipinski definition) is 1. The third kappa shape index (κ3) is 4.86. The molecule has 0 amide bonds. The van der Waals surface area contributed by atoms with Gasteiger partial charge < -0.3 is 19.2 Å². The lowest BCUT2D eigenvalue weighted by Crippen LogP contribution is -2.24. The van der Waals surface area contributed by atoms with Gasteiger partial charge in [-0.3, -0.25) is 0 Å². The van der Waals surface area contributed by atoms with E-state index in [2.05, 4.69) is 29.8 Å². The van der Waals surface area contributed by atoms with Gasteiger partial charge in [-0.2, -0.15) is 13.2 Å². The summed E-state index contributed by atoms with van der Waals surface area (Å²) >= 11 is 0. The van der Waals surface area contributed by atoms with E-state index in [4.69, 9.17) is 14.7 Å². The van der Waals surface area contributed by atoms with Crippen LogP contribution in [-0.2, 0) is 6.18 Å². The van der Waals surface area contributed by atoms with Crippen molar-refractivity contribution in [3.8, 4) is 28.7 Å². The lowest BCUT2D eigenvalue weighted by molar-refractivity contribution is -0.140. The maximum absolute atomic E-state index is 13.5. The van der Waals surface area contributed by atoms with Crippen LogP contribution < -0.4 is 9.64 Å². The molecule has 7 rings (SSSR count). The molecule has 1 saturated heterocycles. The molecular weight excluding hydrogens is 559 g/mol. The van der Waals surface area contributed by atoms with E-state index in [1.807, 2.05) is 38.1 Å². The van der Waals surface area contributed by atoms with E-state index in [0.717, 1.165) is 61.0 Å². The summed E-state index contributed by atoms with van der Waals surface area (Å²) in [7, 11) is 1.58. The van der Waals surface area contributed by atoms with E-state index in [-0.39, 0.29) is 12.1 Å². The maximum atomic E-state index is 13.5. The largest absolute Gasteiger partial charge is 0.480 e. The first-order valence-corrected chi connectivity index (χ1v) is 14.4. The fourth-order valence-corrected chi connectivity index (χ4v) is 5.91. The van der Waals surface area contributed by atoms with Gasteiger partial charge in [0.15, 0.2) is 23.0 Å². The Bertz CT molecular complexity index is 1790. The second-order valence-corrected chi connectivity index (χ2v) is 11.3. The van der Waals surface area contributed by atoms with Crippen LogP contribution in [0.25, 0.3) is 33.9 Å². The normalized spacial score (nSPS) is 17.4. The number of benzene rings is 1. The summed E-state index contributed by atoms with van der Waals surface area (Å²) in [6.45, 7) is 4.45. The fourth-order valence-electron chi connectivity index (χ4n) is 5.91. The molecule has 1 aromatic carbocycles. The first-order valence-electron chi connectivity index (χ1n) is 14.4. The van der Waals surface area contributed by atoms with Gasteiger partial charge in [0.1, 0.15) is 23.2 Å². The predicted molar refractivity (Wildman–Crippen MR) is 154 cm³/mol. The molecule has 1 saturated carbocycles. The zero-order valence-corrected chi connectivity index (χ0v) is 23.9. The molecule has 10 nitrogen and oxygen atoms in total. The Balaban J connectivity index is 1.27. The number of nitrogens with one attached hydrogen (secondary N) is 1. The topological polar surface area (TPSA) is 111 Å². The van der Waals surface area contributed by atoms with E-state index in [0.29, 0.717) is 40.2 Å². The highest BCUT2D eigenvalue weighted by atomic mass is 19.4. The summed E-state index contributed by atoms with van der Waals surface area (Å²) < 4.78 is 47.5. The van der Waals surface area contributed by atoms with Crippen molar-refractivity contribution in [2.45, 2.75) is 63.7 Å². The minimum Gasteiger partial charge on any atom is -0.480 e. The van der Waals surface area contributed by atoms with Gasteiger partial charge >= 0.3 is 6.18 Å². The van der Waals surface area contributed by atoms with Crippen molar-refractivity contribution in [3.63, 3.8) is 0 Å². The number of halogens is 3. The molecule has 5 aromatic rings. The Kier molecular flexibility index (Phi) is 6.55. The maximum Gasteiger partial charge on any atom is 0.434 e. The van der Waals surface area contributed by atoms with Crippen molar-refractivity contribution in [2.24, 2.45) is 0 Å². The molecule has 13 heteroatoms. The van der Waals surface area contributed by atoms with Crippen LogP contribution in [0.1, 0.15) is 74.5 Å². The highest BCUT2D eigenvalue weighted by Gasteiger charge is 2.36. The summed E-state index contributed by atoms with van der Waals surface area (Å²) in [4.78, 5) is 32.6. The van der Waals surface area contributed by atoms with Crippen molar-refractivity contribution in [3.05, 3.63) is 60.1 Å². The highest BCUT2D eigenvalue weighted by Crippen LogP contribution is 2.46. The Morgan fingerprint density at radius 1 is 1.00 bits per heavy atom. The Hall–Kier alpha value is -4.55. The molecule has 43 heavy (non-hydrogen) atoms. The average molecular weight is 590 g/mol. The van der Waals surface area contributed by atoms with Crippen LogP contribution in [0, 0.1) is 0 Å². The van der Waals surface area contributed by atoms with Gasteiger partial charge in [0.25, 0.3) is 0 Å². The number of rotatable bonds is 7. The van der Waals surface area contributed by atoms with Gasteiger partial charge in [0.05, 0.1) is 25.2 Å². The lowest BCUT2D eigenvalue weighted by atomic mass is 10.0. The monoisotopic (exact) mass is 589 g/mol. The summed E-state index contributed by atoms with van der Waals surface area (Å²) in [5, 5.41) is 0. The molecule has 5 heterocycles. The minimum absolute atomic E-state index is 0.00398. The molecule has 0 radical (unpaired) electrons. The van der Waals surface area contributed by atoms with Crippen LogP contribution in [0.3, 0.4) is 0 Å². The number of H-pyrrole nitrogens is 1. The van der Waals surface area contributed by atoms with Gasteiger partial charge in [0, 0.05) is 30.3 Å². The smallest absolute Gasteiger partial charge is 0.434 e. The molecule has 1 atom stereocenters. The van der Waals surface area contributed by atoms with E-state index >= 15 is 0 Å². The number of aromatic nitrogens is 8. The molecule has 1 aliphatic carbocycles. The van der Waals surface area contributed by atoms with Gasteiger partial charge in [-0.15, -0.1) is 0 Å². The van der Waals surface area contributed by atoms with Crippen LogP contribution in [0.2, 0.25) is 0 Å². The van der Waals surface area contributed by atoms with Gasteiger partial charge in [-0.05, 0) is 45.1 Å². The summed E-state index contributed by atoms with van der Waals surface area (Å²) in [5.74, 6) is 2.24. The Morgan fingerprint density at radius 2 is 1.79 bits per heavy atom. The molecule has 2 aliphatic rings. The number of imidazole rings is 2. The molecule has 0 spiro atoms. The molecule has 2 fully saturated rings. The number of anilines is 1. The van der Waals surface area contributed by atoms with Crippen LogP contribution in [0.4, 0.5) is 19.0 Å². The lowest BCUT2D eigenvalue weighted by Gasteiger charge is -2.27. The van der Waals surface area contributed by atoms with Crippen molar-refractivity contribution >= 4 is 17.0 Å². The number of hydrogen-bond acceptors (Lipinski definition) is 8. The standard InChI is InChI=1S/C30H30F3N9O/c1-16(2)42-13-21(30(31,32)33)38-27(42)19-10-6-17(7-11-19)20-5-4-12-41(20)28-24-26(36-14-35-24)39-25(40-28)22-23(18-8-9-18)34-15-37-29(22)43-3/h6-7,10-11,13-16,18,20H,4-5,8-9,12H2,1-3H3,(H,35,36,39,40)/t20-/m0/s1. The highest BCUT2D eigenvalue weighted by molar-refractivity contribution is 5.86. The Morgan fingerprint density at radius 3 is 2.49 bits per heavy atom. The van der Waals surface area contributed by atoms with Crippen LogP contribution in [-0.4, -0.2) is 53.1 Å². The van der Waals surface area contributed by atoms with E-state index in [9.17, 15) is 13.2 Å². The third-order valence-corrected chi connectivity index (χ3v) is 8.15. The van der Waals surface area contributed by atoms with Crippen molar-refractivity contribution in [2.75, 3.05) is 18.6 Å². The Labute approximate surface area is 245 Å². The number of methoxy groups -OCH3 is 1. The van der Waals surface area contributed by atoms with Crippen LogP contribution in [0.15, 0.2) is 43.1 Å². The van der Waals surface area contributed by atoms with E-state index in [1.165, 1.54) is 6.33 Å². The summed E-state index contributed by atoms with van der Waals surface area (Å²) in [5.41, 5.74) is 3.61. The second kappa shape index (κ2) is 10.3. The van der Waals surface area contributed by atoms with E-state index in [1.54, 1.807) is 18.0 Å². The zero-order valence-electron chi connectivity index (χ0n) is 23.9. The molecule has 0 bridgehead atoms. The number of nitrogens with zero attached hydrogens (tertiary/aromatic N) is 8. The number of aromatic amines is 1. The van der Waals surface area contributed by atoms with Gasteiger partial charge in [0.2, 0.25) is 5.88 Å². The van der Waals surface area contributed by atoms with E-state index < -0.39 is 11.9 Å². The molecule has 222 valence electrons. The van der Waals surface area contributed by atoms with Crippen LogP contribution in [0.5, 0.6) is 5.88 Å². The van der Waals surface area contributed by atoms with Crippen molar-refractivity contribution < 1.29 is 17.9 Å². The fraction of sp³-hybridized carbons (Fsp3) is 0.400. The molecule has 4 aromatic heterocycles. The SMILES string of the molecule is COc1ncnc(C2CC2)c1-c1nc(N2CCC[C@H]2c2ccc(-c3nc(C(F)(F)F)cn3C(C)C)cc2)c2[nH]cnc2n1. The molecular formula is C30H30F3N9O. The third-order valence-electron chi connectivity index (χ3n) is 8.15. The summed E-state index contributed by atoms with van der Waals surface area (Å²) in [6, 6.07) is 7.45. The zero-order chi connectivity index (χ0) is 29.9. The van der Waals surface area contributed by atoms with Gasteiger partial charge in [-0.1, -0.05) is 24.3 Å². The van der Waals surface area contributed by atoms with Crippen LogP contribution >= 0.6 is 0 Å². The first kappa shape index (κ1) is 27.3. The first-order chi connectivity index (χ1) is 20.7. The van der Waals surface area contributed by atoms with Crippen molar-refractivity contribution in [1.29, 1.82) is 0 Å². The predicted octanol–water partition coefficient (Wildman–Crippen LogP) is 6.50. The van der Waals surface area contributed by atoms with Crippen molar-refractivity contribution in [1.82, 2.24) is 39.5 Å². The average Bonchev–Trinajstić information content (AvgIpc) is 3.37. The number of fused-ring (bicyclic) bond motifs is 1. The van der Waals surface area contributed by atoms with Gasteiger partial charge in [-0.25, -0.2) is 29.9 Å². The molecule has 1 aliphatic heterocycles. The molecule has 0 unspecified atom stereocenters. The molecule has 1 N–H and O–H groups in total. The second-order valence-electron chi connectivity index (χ2n) is 11.3.